The number of carbonyl (C=O) groups excluding carboxylic acids is 1. The average molecular weight is 246 g/mol. The molecule has 0 atom stereocenters. The van der Waals surface area contributed by atoms with Crippen LogP contribution in [0.1, 0.15) is 26.7 Å². The van der Waals surface area contributed by atoms with Crippen LogP contribution in [0.2, 0.25) is 0 Å². The summed E-state index contributed by atoms with van der Waals surface area (Å²) < 4.78 is 4.85. The number of nitrogens with one attached hydrogen (secondary N) is 1. The van der Waals surface area contributed by atoms with Crippen molar-refractivity contribution >= 4 is 12.0 Å². The first-order valence-electron chi connectivity index (χ1n) is 5.69. The third kappa shape index (κ3) is 4.22. The molecule has 0 rings (SSSR count). The molecule has 100 valence electrons. The molecular weight excluding hydrogens is 224 g/mol. The van der Waals surface area contributed by atoms with Crippen LogP contribution < -0.4 is 5.32 Å². The van der Waals surface area contributed by atoms with Gasteiger partial charge in [-0.05, 0) is 12.8 Å². The van der Waals surface area contributed by atoms with E-state index in [0.29, 0.717) is 26.0 Å². The Labute approximate surface area is 102 Å². The summed E-state index contributed by atoms with van der Waals surface area (Å²) in [6.45, 7) is 4.33. The highest BCUT2D eigenvalue weighted by atomic mass is 16.5. The first-order valence-corrected chi connectivity index (χ1v) is 5.69. The fraction of sp³-hybridized carbons (Fsp3) is 0.818. The summed E-state index contributed by atoms with van der Waals surface area (Å²) in [5.74, 6) is -1.00. The lowest BCUT2D eigenvalue weighted by Gasteiger charge is -2.30. The van der Waals surface area contributed by atoms with Gasteiger partial charge in [-0.3, -0.25) is 0 Å². The van der Waals surface area contributed by atoms with Gasteiger partial charge in [0.2, 0.25) is 0 Å². The maximum absolute atomic E-state index is 11.8. The van der Waals surface area contributed by atoms with Crippen LogP contribution in [-0.2, 0) is 9.53 Å². The van der Waals surface area contributed by atoms with Crippen molar-refractivity contribution in [3.63, 3.8) is 0 Å². The average Bonchev–Trinajstić information content (AvgIpc) is 2.32. The van der Waals surface area contributed by atoms with Crippen LogP contribution in [0.3, 0.4) is 0 Å². The maximum Gasteiger partial charge on any atom is 0.329 e. The first-order chi connectivity index (χ1) is 7.93. The van der Waals surface area contributed by atoms with Gasteiger partial charge in [-0.1, -0.05) is 13.8 Å². The van der Waals surface area contributed by atoms with Gasteiger partial charge in [0.15, 0.2) is 0 Å². The van der Waals surface area contributed by atoms with Crippen LogP contribution in [0.15, 0.2) is 0 Å². The van der Waals surface area contributed by atoms with Crippen molar-refractivity contribution in [1.82, 2.24) is 10.2 Å². The molecular formula is C11H22N2O4. The summed E-state index contributed by atoms with van der Waals surface area (Å²) in [4.78, 5) is 24.4. The smallest absolute Gasteiger partial charge is 0.329 e. The number of hydrogen-bond acceptors (Lipinski definition) is 3. The predicted molar refractivity (Wildman–Crippen MR) is 64.0 cm³/mol. The highest BCUT2D eigenvalue weighted by Crippen LogP contribution is 2.15. The molecule has 0 aromatic rings. The minimum absolute atomic E-state index is 0.350. The van der Waals surface area contributed by atoms with Crippen LogP contribution >= 0.6 is 0 Å². The number of nitrogens with zero attached hydrogens (tertiary/aromatic N) is 1. The van der Waals surface area contributed by atoms with Gasteiger partial charge in [-0.15, -0.1) is 0 Å². The van der Waals surface area contributed by atoms with Crippen molar-refractivity contribution in [3.05, 3.63) is 0 Å². The zero-order valence-corrected chi connectivity index (χ0v) is 10.9. The molecule has 2 amide bonds. The number of carboxylic acid groups (broad SMARTS) is 1. The van der Waals surface area contributed by atoms with Gasteiger partial charge in [-0.25, -0.2) is 9.59 Å². The molecule has 0 aromatic heterocycles. The minimum atomic E-state index is -1.18. The van der Waals surface area contributed by atoms with Crippen molar-refractivity contribution < 1.29 is 19.4 Å². The van der Waals surface area contributed by atoms with Gasteiger partial charge in [0, 0.05) is 20.7 Å². The fourth-order valence-corrected chi connectivity index (χ4v) is 1.41. The van der Waals surface area contributed by atoms with Crippen LogP contribution in [-0.4, -0.2) is 54.9 Å². The van der Waals surface area contributed by atoms with Gasteiger partial charge < -0.3 is 20.1 Å². The van der Waals surface area contributed by atoms with Gasteiger partial charge in [-0.2, -0.15) is 0 Å². The van der Waals surface area contributed by atoms with Gasteiger partial charge in [0.1, 0.15) is 5.54 Å². The number of amides is 2. The molecule has 0 unspecified atom stereocenters. The quantitative estimate of drug-likeness (QED) is 0.700. The normalized spacial score (nSPS) is 11.1. The number of ether oxygens (including phenoxy) is 1. The lowest BCUT2D eigenvalue weighted by Crippen LogP contribution is -2.57. The zero-order chi connectivity index (χ0) is 13.5. The summed E-state index contributed by atoms with van der Waals surface area (Å²) in [5, 5.41) is 11.7. The van der Waals surface area contributed by atoms with E-state index in [1.54, 1.807) is 28.0 Å². The molecule has 0 aromatic carbocycles. The second-order valence-electron chi connectivity index (χ2n) is 3.94. The van der Waals surface area contributed by atoms with Crippen LogP contribution in [0.5, 0.6) is 0 Å². The molecule has 0 heterocycles. The monoisotopic (exact) mass is 246 g/mol. The Kier molecular flexibility index (Phi) is 6.57. The Hall–Kier alpha value is -1.30. The maximum atomic E-state index is 11.8. The molecule has 0 saturated heterocycles. The van der Waals surface area contributed by atoms with Crippen molar-refractivity contribution in [2.75, 3.05) is 27.3 Å². The largest absolute Gasteiger partial charge is 0.480 e. The van der Waals surface area contributed by atoms with Crippen LogP contribution in [0.25, 0.3) is 0 Å². The SMILES string of the molecule is CCC(CC)(NC(=O)N(C)CCOC)C(=O)O. The Balaban J connectivity index is 4.56. The molecule has 17 heavy (non-hydrogen) atoms. The molecule has 6 heteroatoms. The van der Waals surface area contributed by atoms with E-state index >= 15 is 0 Å². The van der Waals surface area contributed by atoms with E-state index in [0.717, 1.165) is 0 Å². The standard InChI is InChI=1S/C11H22N2O4/c1-5-11(6-2,9(14)15)12-10(16)13(3)7-8-17-4/h5-8H2,1-4H3,(H,12,16)(H,14,15). The molecule has 0 aliphatic carbocycles. The summed E-state index contributed by atoms with van der Waals surface area (Å²) in [7, 11) is 3.15. The number of carbonyl (C=O) groups is 2. The van der Waals surface area contributed by atoms with Crippen molar-refractivity contribution in [1.29, 1.82) is 0 Å². The second kappa shape index (κ2) is 7.11. The van der Waals surface area contributed by atoms with E-state index in [1.807, 2.05) is 0 Å². The van der Waals surface area contributed by atoms with E-state index in [4.69, 9.17) is 4.74 Å². The van der Waals surface area contributed by atoms with E-state index in [1.165, 1.54) is 4.90 Å². The van der Waals surface area contributed by atoms with E-state index in [2.05, 4.69) is 5.32 Å². The summed E-state index contributed by atoms with van der Waals surface area (Å²) in [6, 6.07) is -0.395. The highest BCUT2D eigenvalue weighted by molar-refractivity contribution is 5.86. The minimum Gasteiger partial charge on any atom is -0.480 e. The first kappa shape index (κ1) is 15.7. The lowest BCUT2D eigenvalue weighted by atomic mass is 9.93. The predicted octanol–water partition coefficient (Wildman–Crippen LogP) is 0.918. The molecule has 0 bridgehead atoms. The third-order valence-corrected chi connectivity index (χ3v) is 2.94. The Morgan fingerprint density at radius 3 is 2.24 bits per heavy atom. The molecule has 0 aliphatic rings. The number of hydrogen-bond donors (Lipinski definition) is 2. The molecule has 6 nitrogen and oxygen atoms in total. The van der Waals surface area contributed by atoms with E-state index < -0.39 is 17.5 Å². The molecule has 2 N–H and O–H groups in total. The number of carboxylic acids is 1. The van der Waals surface area contributed by atoms with Crippen molar-refractivity contribution in [2.45, 2.75) is 32.2 Å². The van der Waals surface area contributed by atoms with Gasteiger partial charge in [0.05, 0.1) is 6.61 Å². The molecule has 0 radical (unpaired) electrons. The highest BCUT2D eigenvalue weighted by Gasteiger charge is 2.37. The summed E-state index contributed by atoms with van der Waals surface area (Å²) >= 11 is 0. The topological polar surface area (TPSA) is 78.9 Å². The van der Waals surface area contributed by atoms with Gasteiger partial charge >= 0.3 is 12.0 Å². The fourth-order valence-electron chi connectivity index (χ4n) is 1.41. The van der Waals surface area contributed by atoms with Gasteiger partial charge in [0.25, 0.3) is 0 Å². The van der Waals surface area contributed by atoms with Crippen molar-refractivity contribution in [2.24, 2.45) is 0 Å². The number of rotatable bonds is 7. The third-order valence-electron chi connectivity index (χ3n) is 2.94. The second-order valence-corrected chi connectivity index (χ2v) is 3.94. The van der Waals surface area contributed by atoms with Crippen molar-refractivity contribution in [3.8, 4) is 0 Å². The molecule has 0 aliphatic heterocycles. The Bertz CT molecular complexity index is 264. The summed E-state index contributed by atoms with van der Waals surface area (Å²) in [6.07, 6.45) is 0.700. The number of aliphatic carboxylic acids is 1. The Morgan fingerprint density at radius 1 is 1.35 bits per heavy atom. The van der Waals surface area contributed by atoms with Crippen LogP contribution in [0, 0.1) is 0 Å². The number of likely N-dealkylation sites (N-methyl/N-ethyl adjacent to an activating group) is 1. The van der Waals surface area contributed by atoms with E-state index in [9.17, 15) is 14.7 Å². The molecule has 0 spiro atoms. The lowest BCUT2D eigenvalue weighted by molar-refractivity contribution is -0.144. The molecule has 0 fully saturated rings. The number of urea groups is 1. The van der Waals surface area contributed by atoms with E-state index in [-0.39, 0.29) is 0 Å². The molecule has 0 saturated carbocycles. The summed E-state index contributed by atoms with van der Waals surface area (Å²) in [5.41, 5.74) is -1.18. The number of methoxy groups -OCH3 is 1. The van der Waals surface area contributed by atoms with Crippen LogP contribution in [0.4, 0.5) is 4.79 Å². The zero-order valence-electron chi connectivity index (χ0n) is 10.9. The Morgan fingerprint density at radius 2 is 1.88 bits per heavy atom.